The number of benzene rings is 2. The Morgan fingerprint density at radius 2 is 1.74 bits per heavy atom. The van der Waals surface area contributed by atoms with Crippen LogP contribution in [-0.4, -0.2) is 79.2 Å². The number of likely N-dealkylation sites (tertiary alicyclic amines) is 1. The molecule has 1 amide bonds. The number of hydrogen-bond donors (Lipinski definition) is 1. The molecule has 5 rings (SSSR count). The Morgan fingerprint density at radius 3 is 2.51 bits per heavy atom. The van der Waals surface area contributed by atoms with Gasteiger partial charge in [-0.3, -0.25) is 14.5 Å². The highest BCUT2D eigenvalue weighted by Gasteiger charge is 2.46. The lowest BCUT2D eigenvalue weighted by atomic mass is 9.95. The van der Waals surface area contributed by atoms with Crippen LogP contribution in [-0.2, 0) is 14.3 Å². The largest absolute Gasteiger partial charge is 0.507 e. The number of nitrogens with zero attached hydrogens (tertiary/aromatic N) is 2. The SMILES string of the molecule is O=C1C(=O)N(CCCN2CCOCC2)C(c2cccc(Cl)c2)/C1=C(/O)c1ccc2c(c1)OCCO2. The molecule has 2 saturated heterocycles. The lowest BCUT2D eigenvalue weighted by molar-refractivity contribution is -0.140. The van der Waals surface area contributed by atoms with E-state index in [1.807, 2.05) is 6.07 Å². The molecule has 0 radical (unpaired) electrons. The van der Waals surface area contributed by atoms with Crippen LogP contribution in [0.5, 0.6) is 11.5 Å². The van der Waals surface area contributed by atoms with Crippen molar-refractivity contribution < 1.29 is 28.9 Å². The molecular formula is C26H27ClN2O6. The lowest BCUT2D eigenvalue weighted by Crippen LogP contribution is -2.38. The summed E-state index contributed by atoms with van der Waals surface area (Å²) in [7, 11) is 0. The average molecular weight is 499 g/mol. The van der Waals surface area contributed by atoms with Gasteiger partial charge in [-0.1, -0.05) is 23.7 Å². The smallest absolute Gasteiger partial charge is 0.295 e. The average Bonchev–Trinajstić information content (AvgIpc) is 3.13. The van der Waals surface area contributed by atoms with Crippen molar-refractivity contribution in [1.82, 2.24) is 9.80 Å². The summed E-state index contributed by atoms with van der Waals surface area (Å²) >= 11 is 6.26. The predicted octanol–water partition coefficient (Wildman–Crippen LogP) is 3.26. The number of fused-ring (bicyclic) bond motifs is 1. The van der Waals surface area contributed by atoms with Gasteiger partial charge in [-0.25, -0.2) is 0 Å². The van der Waals surface area contributed by atoms with Gasteiger partial charge in [-0.2, -0.15) is 0 Å². The van der Waals surface area contributed by atoms with E-state index in [1.54, 1.807) is 36.4 Å². The van der Waals surface area contributed by atoms with E-state index >= 15 is 0 Å². The molecule has 0 aromatic heterocycles. The van der Waals surface area contributed by atoms with Crippen LogP contribution in [0, 0.1) is 0 Å². The maximum Gasteiger partial charge on any atom is 0.295 e. The zero-order valence-electron chi connectivity index (χ0n) is 19.2. The Balaban J connectivity index is 1.48. The molecule has 9 heteroatoms. The number of Topliss-reactive ketones (excluding diaryl/α,β-unsaturated/α-hetero) is 1. The van der Waals surface area contributed by atoms with Gasteiger partial charge in [0.25, 0.3) is 11.7 Å². The quantitative estimate of drug-likeness (QED) is 0.371. The summed E-state index contributed by atoms with van der Waals surface area (Å²) < 4.78 is 16.6. The Labute approximate surface area is 208 Å². The van der Waals surface area contributed by atoms with Crippen LogP contribution in [0.15, 0.2) is 48.0 Å². The van der Waals surface area contributed by atoms with Crippen molar-refractivity contribution in [3.63, 3.8) is 0 Å². The first-order valence-electron chi connectivity index (χ1n) is 11.8. The van der Waals surface area contributed by atoms with Crippen molar-refractivity contribution in [1.29, 1.82) is 0 Å². The number of halogens is 1. The third kappa shape index (κ3) is 4.87. The van der Waals surface area contributed by atoms with E-state index in [0.717, 1.165) is 19.6 Å². The second-order valence-corrected chi connectivity index (χ2v) is 9.15. The highest BCUT2D eigenvalue weighted by Crippen LogP contribution is 2.41. The number of rotatable bonds is 6. The van der Waals surface area contributed by atoms with Crippen LogP contribution in [0.3, 0.4) is 0 Å². The Bertz CT molecular complexity index is 1160. The van der Waals surface area contributed by atoms with E-state index in [1.165, 1.54) is 4.90 Å². The monoisotopic (exact) mass is 498 g/mol. The number of amides is 1. The summed E-state index contributed by atoms with van der Waals surface area (Å²) in [5.41, 5.74) is 1.09. The third-order valence-corrected chi connectivity index (χ3v) is 6.73. The van der Waals surface area contributed by atoms with Gasteiger partial charge in [-0.05, 0) is 42.3 Å². The van der Waals surface area contributed by atoms with Crippen LogP contribution < -0.4 is 9.47 Å². The van der Waals surface area contributed by atoms with Gasteiger partial charge in [0, 0.05) is 36.8 Å². The zero-order chi connectivity index (χ0) is 24.4. The number of hydrogen-bond acceptors (Lipinski definition) is 7. The first-order valence-corrected chi connectivity index (χ1v) is 12.1. The third-order valence-electron chi connectivity index (χ3n) is 6.50. The number of aliphatic hydroxyl groups is 1. The van der Waals surface area contributed by atoms with E-state index < -0.39 is 17.7 Å². The normalized spacial score (nSPS) is 22.0. The van der Waals surface area contributed by atoms with E-state index in [4.69, 9.17) is 25.8 Å². The number of aliphatic hydroxyl groups excluding tert-OH is 1. The van der Waals surface area contributed by atoms with E-state index in [9.17, 15) is 14.7 Å². The number of carbonyl (C=O) groups is 2. The van der Waals surface area contributed by atoms with Crippen LogP contribution in [0.1, 0.15) is 23.6 Å². The van der Waals surface area contributed by atoms with E-state index in [-0.39, 0.29) is 11.3 Å². The number of ketones is 1. The second kappa shape index (κ2) is 10.3. The molecule has 184 valence electrons. The molecule has 1 unspecified atom stereocenters. The summed E-state index contributed by atoms with van der Waals surface area (Å²) in [6, 6.07) is 11.3. The molecule has 3 aliphatic heterocycles. The molecule has 0 spiro atoms. The summed E-state index contributed by atoms with van der Waals surface area (Å²) in [6.45, 7) is 5.09. The summed E-state index contributed by atoms with van der Waals surface area (Å²) in [5.74, 6) is -0.534. The molecule has 0 saturated carbocycles. The standard InChI is InChI=1S/C26H27ClN2O6/c27-19-4-1-3-17(15-19)23-22(24(30)18-5-6-20-21(16-18)35-14-13-34-20)25(31)26(32)29(23)8-2-7-28-9-11-33-12-10-28/h1,3-6,15-16,23,30H,2,7-14H2/b24-22-. The minimum absolute atomic E-state index is 0.0420. The van der Waals surface area contributed by atoms with Gasteiger partial charge in [-0.15, -0.1) is 0 Å². The molecule has 0 aliphatic carbocycles. The van der Waals surface area contributed by atoms with Crippen LogP contribution >= 0.6 is 11.6 Å². The van der Waals surface area contributed by atoms with Crippen molar-refractivity contribution in [2.24, 2.45) is 0 Å². The number of morpholine rings is 1. The highest BCUT2D eigenvalue weighted by molar-refractivity contribution is 6.46. The van der Waals surface area contributed by atoms with Crippen molar-refractivity contribution >= 4 is 29.1 Å². The van der Waals surface area contributed by atoms with Gasteiger partial charge in [0.05, 0.1) is 24.8 Å². The Kier molecular flexibility index (Phi) is 6.95. The molecule has 2 aromatic carbocycles. The highest BCUT2D eigenvalue weighted by atomic mass is 35.5. The second-order valence-electron chi connectivity index (χ2n) is 8.71. The fourth-order valence-corrected chi connectivity index (χ4v) is 4.97. The molecule has 2 aromatic rings. The lowest BCUT2D eigenvalue weighted by Gasteiger charge is -2.29. The van der Waals surface area contributed by atoms with Crippen molar-refractivity contribution in [2.75, 3.05) is 52.6 Å². The molecule has 3 heterocycles. The van der Waals surface area contributed by atoms with Gasteiger partial charge >= 0.3 is 0 Å². The predicted molar refractivity (Wildman–Crippen MR) is 130 cm³/mol. The first kappa shape index (κ1) is 23.7. The van der Waals surface area contributed by atoms with E-state index in [0.29, 0.717) is 67.0 Å². The summed E-state index contributed by atoms with van der Waals surface area (Å²) in [4.78, 5) is 30.2. The minimum Gasteiger partial charge on any atom is -0.507 e. The molecule has 3 aliphatic rings. The van der Waals surface area contributed by atoms with Crippen molar-refractivity contribution in [3.8, 4) is 11.5 Å². The topological polar surface area (TPSA) is 88.5 Å². The molecule has 0 bridgehead atoms. The van der Waals surface area contributed by atoms with Gasteiger partial charge < -0.3 is 24.2 Å². The Morgan fingerprint density at radius 1 is 0.971 bits per heavy atom. The molecule has 35 heavy (non-hydrogen) atoms. The van der Waals surface area contributed by atoms with Crippen LogP contribution in [0.25, 0.3) is 5.76 Å². The van der Waals surface area contributed by atoms with E-state index in [2.05, 4.69) is 4.90 Å². The first-order chi connectivity index (χ1) is 17.0. The molecule has 1 atom stereocenters. The number of carbonyl (C=O) groups excluding carboxylic acids is 2. The minimum atomic E-state index is -0.744. The van der Waals surface area contributed by atoms with Gasteiger partial charge in [0.2, 0.25) is 0 Å². The summed E-state index contributed by atoms with van der Waals surface area (Å²) in [6.07, 6.45) is 0.689. The molecule has 8 nitrogen and oxygen atoms in total. The molecular weight excluding hydrogens is 472 g/mol. The summed E-state index contributed by atoms with van der Waals surface area (Å²) in [5, 5.41) is 11.8. The van der Waals surface area contributed by atoms with Gasteiger partial charge in [0.15, 0.2) is 11.5 Å². The van der Waals surface area contributed by atoms with Gasteiger partial charge in [0.1, 0.15) is 19.0 Å². The molecule has 1 N–H and O–H groups in total. The Hall–Kier alpha value is -3.07. The molecule has 2 fully saturated rings. The number of ether oxygens (including phenoxy) is 3. The van der Waals surface area contributed by atoms with Crippen molar-refractivity contribution in [2.45, 2.75) is 12.5 Å². The van der Waals surface area contributed by atoms with Crippen LogP contribution in [0.4, 0.5) is 0 Å². The zero-order valence-corrected chi connectivity index (χ0v) is 20.0. The maximum absolute atomic E-state index is 13.2. The van der Waals surface area contributed by atoms with Crippen molar-refractivity contribution in [3.05, 3.63) is 64.2 Å². The fraction of sp³-hybridized carbons (Fsp3) is 0.385. The maximum atomic E-state index is 13.2. The fourth-order valence-electron chi connectivity index (χ4n) is 4.77. The van der Waals surface area contributed by atoms with Crippen LogP contribution in [0.2, 0.25) is 5.02 Å².